The van der Waals surface area contributed by atoms with E-state index in [0.29, 0.717) is 28.5 Å². The molecule has 6 heteroatoms. The van der Waals surface area contributed by atoms with Crippen molar-refractivity contribution in [2.24, 2.45) is 0 Å². The predicted octanol–water partition coefficient (Wildman–Crippen LogP) is 2.14. The van der Waals surface area contributed by atoms with Crippen molar-refractivity contribution in [1.29, 1.82) is 0 Å². The molecule has 1 aromatic rings. The zero-order chi connectivity index (χ0) is 11.8. The number of ether oxygens (including phenoxy) is 1. The molecule has 1 aromatic heterocycles. The van der Waals surface area contributed by atoms with Crippen LogP contribution in [0.15, 0.2) is 0 Å². The summed E-state index contributed by atoms with van der Waals surface area (Å²) in [5, 5.41) is 3.59. The van der Waals surface area contributed by atoms with Crippen LogP contribution in [-0.2, 0) is 4.74 Å². The summed E-state index contributed by atoms with van der Waals surface area (Å²) in [4.78, 5) is 8.65. The lowest BCUT2D eigenvalue weighted by atomic mass is 10.2. The van der Waals surface area contributed by atoms with Crippen molar-refractivity contribution in [3.63, 3.8) is 0 Å². The highest BCUT2D eigenvalue weighted by molar-refractivity contribution is 6.32. The van der Waals surface area contributed by atoms with Crippen LogP contribution in [-0.4, -0.2) is 22.6 Å². The van der Waals surface area contributed by atoms with Gasteiger partial charge in [0.05, 0.1) is 0 Å². The van der Waals surface area contributed by atoms with Gasteiger partial charge in [0.2, 0.25) is 0 Å². The van der Waals surface area contributed by atoms with Gasteiger partial charge in [-0.05, 0) is 25.7 Å². The second-order valence-corrected chi connectivity index (χ2v) is 4.91. The fourth-order valence-electron chi connectivity index (χ4n) is 1.91. The van der Waals surface area contributed by atoms with Gasteiger partial charge in [0.1, 0.15) is 11.8 Å². The quantitative estimate of drug-likeness (QED) is 0.809. The second kappa shape index (κ2) is 4.31. The molecule has 1 atom stereocenters. The first-order valence-electron chi connectivity index (χ1n) is 5.95. The van der Waals surface area contributed by atoms with E-state index in [1.165, 1.54) is 0 Å². The van der Waals surface area contributed by atoms with Crippen LogP contribution >= 0.6 is 11.6 Å². The molecule has 1 saturated carbocycles. The molecular formula is C11H15ClN4O. The maximum atomic E-state index is 6.03. The van der Waals surface area contributed by atoms with Crippen LogP contribution in [0.25, 0.3) is 0 Å². The van der Waals surface area contributed by atoms with Crippen LogP contribution in [0.4, 0.5) is 11.5 Å². The molecule has 0 bridgehead atoms. The molecule has 3 N–H and O–H groups in total. The summed E-state index contributed by atoms with van der Waals surface area (Å²) in [6.45, 7) is 0.765. The topological polar surface area (TPSA) is 73.1 Å². The normalized spacial score (nSPS) is 23.9. The highest BCUT2D eigenvalue weighted by Crippen LogP contribution is 2.33. The number of hydrogen-bond donors (Lipinski definition) is 2. The van der Waals surface area contributed by atoms with Crippen molar-refractivity contribution in [2.45, 2.75) is 37.8 Å². The Balaban J connectivity index is 1.89. The standard InChI is InChI=1S/C11H15ClN4O/c12-9-8(13)11(14-6-3-4-6)16-10(15-9)7-2-1-5-17-7/h6-7H,1-5,13H2,(H,14,15,16). The fourth-order valence-corrected chi connectivity index (χ4v) is 2.09. The van der Waals surface area contributed by atoms with E-state index in [-0.39, 0.29) is 6.10 Å². The van der Waals surface area contributed by atoms with Gasteiger partial charge < -0.3 is 15.8 Å². The lowest BCUT2D eigenvalue weighted by Gasteiger charge is -2.13. The minimum Gasteiger partial charge on any atom is -0.393 e. The third kappa shape index (κ3) is 2.30. The number of rotatable bonds is 3. The summed E-state index contributed by atoms with van der Waals surface area (Å²) in [6.07, 6.45) is 4.28. The first-order chi connectivity index (χ1) is 8.24. The second-order valence-electron chi connectivity index (χ2n) is 4.56. The van der Waals surface area contributed by atoms with E-state index in [1.54, 1.807) is 0 Å². The summed E-state index contributed by atoms with van der Waals surface area (Å²) in [6, 6.07) is 0.487. The van der Waals surface area contributed by atoms with E-state index in [1.807, 2.05) is 0 Å². The average molecular weight is 255 g/mol. The molecule has 17 heavy (non-hydrogen) atoms. The van der Waals surface area contributed by atoms with E-state index >= 15 is 0 Å². The number of anilines is 2. The van der Waals surface area contributed by atoms with Crippen molar-refractivity contribution < 1.29 is 4.74 Å². The number of nitrogens with zero attached hydrogens (tertiary/aromatic N) is 2. The summed E-state index contributed by atoms with van der Waals surface area (Å²) >= 11 is 6.03. The Bertz CT molecular complexity index is 430. The number of nitrogen functional groups attached to an aromatic ring is 1. The molecular weight excluding hydrogens is 240 g/mol. The Kier molecular flexibility index (Phi) is 2.80. The number of nitrogens with two attached hydrogens (primary N) is 1. The monoisotopic (exact) mass is 254 g/mol. The van der Waals surface area contributed by atoms with E-state index in [9.17, 15) is 0 Å². The molecule has 1 aliphatic heterocycles. The highest BCUT2D eigenvalue weighted by Gasteiger charge is 2.26. The van der Waals surface area contributed by atoms with E-state index in [2.05, 4.69) is 15.3 Å². The van der Waals surface area contributed by atoms with Gasteiger partial charge in [0.25, 0.3) is 0 Å². The predicted molar refractivity (Wildman–Crippen MR) is 66.0 cm³/mol. The summed E-state index contributed by atoms with van der Waals surface area (Å²) in [5.41, 5.74) is 6.30. The highest BCUT2D eigenvalue weighted by atomic mass is 35.5. The molecule has 1 aliphatic carbocycles. The fraction of sp³-hybridized carbons (Fsp3) is 0.636. The minimum atomic E-state index is -0.0344. The Morgan fingerprint density at radius 1 is 1.29 bits per heavy atom. The van der Waals surface area contributed by atoms with Crippen molar-refractivity contribution in [3.05, 3.63) is 11.0 Å². The van der Waals surface area contributed by atoms with Gasteiger partial charge in [-0.2, -0.15) is 0 Å². The van der Waals surface area contributed by atoms with Crippen LogP contribution in [0.1, 0.15) is 37.6 Å². The number of hydrogen-bond acceptors (Lipinski definition) is 5. The van der Waals surface area contributed by atoms with Crippen LogP contribution in [0, 0.1) is 0 Å². The van der Waals surface area contributed by atoms with Gasteiger partial charge in [-0.25, -0.2) is 9.97 Å². The third-order valence-electron chi connectivity index (χ3n) is 3.05. The Hall–Kier alpha value is -1.07. The van der Waals surface area contributed by atoms with Gasteiger partial charge in [0.15, 0.2) is 16.8 Å². The van der Waals surface area contributed by atoms with Crippen LogP contribution in [0.3, 0.4) is 0 Å². The zero-order valence-electron chi connectivity index (χ0n) is 9.45. The molecule has 3 rings (SSSR count). The SMILES string of the molecule is Nc1c(Cl)nc(C2CCCO2)nc1NC1CC1. The number of halogens is 1. The Labute approximate surface area is 105 Å². The largest absolute Gasteiger partial charge is 0.393 e. The summed E-state index contributed by atoms with van der Waals surface area (Å²) in [7, 11) is 0. The molecule has 2 aliphatic rings. The molecule has 0 radical (unpaired) electrons. The Morgan fingerprint density at radius 2 is 2.12 bits per heavy atom. The minimum absolute atomic E-state index is 0.0344. The molecule has 1 unspecified atom stereocenters. The van der Waals surface area contributed by atoms with Gasteiger partial charge in [-0.1, -0.05) is 11.6 Å². The summed E-state index contributed by atoms with van der Waals surface area (Å²) in [5.74, 6) is 1.29. The molecule has 92 valence electrons. The van der Waals surface area contributed by atoms with Crippen molar-refractivity contribution in [1.82, 2.24) is 9.97 Å². The van der Waals surface area contributed by atoms with Crippen LogP contribution < -0.4 is 11.1 Å². The van der Waals surface area contributed by atoms with Gasteiger partial charge in [-0.3, -0.25) is 0 Å². The van der Waals surface area contributed by atoms with Crippen LogP contribution in [0.5, 0.6) is 0 Å². The first kappa shape index (κ1) is 11.0. The van der Waals surface area contributed by atoms with Crippen molar-refractivity contribution in [2.75, 3.05) is 17.7 Å². The number of aromatic nitrogens is 2. The smallest absolute Gasteiger partial charge is 0.161 e. The Morgan fingerprint density at radius 3 is 2.76 bits per heavy atom. The van der Waals surface area contributed by atoms with Gasteiger partial charge in [-0.15, -0.1) is 0 Å². The molecule has 1 saturated heterocycles. The zero-order valence-corrected chi connectivity index (χ0v) is 10.2. The molecule has 0 spiro atoms. The van der Waals surface area contributed by atoms with Crippen molar-refractivity contribution >= 4 is 23.1 Å². The maximum Gasteiger partial charge on any atom is 0.161 e. The van der Waals surface area contributed by atoms with E-state index < -0.39 is 0 Å². The third-order valence-corrected chi connectivity index (χ3v) is 3.34. The summed E-state index contributed by atoms with van der Waals surface area (Å²) < 4.78 is 5.56. The van der Waals surface area contributed by atoms with Gasteiger partial charge in [0, 0.05) is 12.6 Å². The molecule has 2 heterocycles. The van der Waals surface area contributed by atoms with Crippen molar-refractivity contribution in [3.8, 4) is 0 Å². The first-order valence-corrected chi connectivity index (χ1v) is 6.33. The lowest BCUT2D eigenvalue weighted by Crippen LogP contribution is -2.12. The van der Waals surface area contributed by atoms with E-state index in [4.69, 9.17) is 22.1 Å². The maximum absolute atomic E-state index is 6.03. The number of nitrogens with one attached hydrogen (secondary N) is 1. The molecule has 2 fully saturated rings. The van der Waals surface area contributed by atoms with E-state index in [0.717, 1.165) is 32.3 Å². The molecule has 5 nitrogen and oxygen atoms in total. The van der Waals surface area contributed by atoms with Gasteiger partial charge >= 0.3 is 0 Å². The average Bonchev–Trinajstić information content (AvgIpc) is 2.96. The lowest BCUT2D eigenvalue weighted by molar-refractivity contribution is 0.105. The van der Waals surface area contributed by atoms with Crippen LogP contribution in [0.2, 0.25) is 5.15 Å². The molecule has 0 aromatic carbocycles. The molecule has 0 amide bonds.